The maximum Gasteiger partial charge on any atom is 0.413 e. The highest BCUT2D eigenvalue weighted by atomic mass is 16.6. The van der Waals surface area contributed by atoms with Gasteiger partial charge in [0, 0.05) is 7.05 Å². The van der Waals surface area contributed by atoms with Crippen LogP contribution in [0.25, 0.3) is 0 Å². The molecule has 1 rings (SSSR count). The monoisotopic (exact) mass is 255 g/mol. The molecule has 0 fully saturated rings. The number of carbonyl (C=O) groups excluding carboxylic acids is 1. The number of imidazole rings is 1. The second-order valence-corrected chi connectivity index (χ2v) is 4.85. The molecule has 0 spiro atoms. The van der Waals surface area contributed by atoms with Crippen LogP contribution in [0.2, 0.25) is 0 Å². The zero-order chi connectivity index (χ0) is 14.1. The highest BCUT2D eigenvalue weighted by Gasteiger charge is 2.23. The number of aromatic carboxylic acids is 1. The van der Waals surface area contributed by atoms with Crippen LogP contribution in [0.1, 0.15) is 37.1 Å². The molecule has 0 aliphatic heterocycles. The first-order valence-electron chi connectivity index (χ1n) is 5.38. The minimum atomic E-state index is -1.20. The fourth-order valence-electron chi connectivity index (χ4n) is 1.30. The van der Waals surface area contributed by atoms with Crippen LogP contribution in [0.4, 0.5) is 10.6 Å². The third kappa shape index (κ3) is 3.22. The van der Waals surface area contributed by atoms with Crippen LogP contribution in [0.15, 0.2) is 0 Å². The molecule has 0 aliphatic carbocycles. The SMILES string of the molecule is Cc1nc(C(=O)O)c(NC(=O)OC(C)(C)C)n1C. The average molecular weight is 255 g/mol. The molecule has 1 amide bonds. The molecule has 7 heteroatoms. The summed E-state index contributed by atoms with van der Waals surface area (Å²) in [7, 11) is 1.61. The number of carboxylic acid groups (broad SMARTS) is 1. The number of aryl methyl sites for hydroxylation is 1. The molecular weight excluding hydrogens is 238 g/mol. The number of anilines is 1. The Labute approximate surface area is 105 Å². The molecule has 0 unspecified atom stereocenters. The normalized spacial score (nSPS) is 11.2. The van der Waals surface area contributed by atoms with Crippen molar-refractivity contribution in [3.8, 4) is 0 Å². The van der Waals surface area contributed by atoms with E-state index in [0.29, 0.717) is 5.82 Å². The zero-order valence-electron chi connectivity index (χ0n) is 11.1. The Bertz CT molecular complexity index is 485. The van der Waals surface area contributed by atoms with Gasteiger partial charge in [0.2, 0.25) is 0 Å². The molecule has 0 atom stereocenters. The molecule has 100 valence electrons. The van der Waals surface area contributed by atoms with Gasteiger partial charge in [-0.3, -0.25) is 5.32 Å². The standard InChI is InChI=1S/C11H17N3O4/c1-6-12-7(9(15)16)8(14(6)5)13-10(17)18-11(2,3)4/h1-5H3,(H,13,17)(H,15,16). The minimum Gasteiger partial charge on any atom is -0.476 e. The number of nitrogens with zero attached hydrogens (tertiary/aromatic N) is 2. The maximum absolute atomic E-state index is 11.6. The van der Waals surface area contributed by atoms with Gasteiger partial charge in [-0.05, 0) is 27.7 Å². The van der Waals surface area contributed by atoms with Gasteiger partial charge in [0.15, 0.2) is 11.5 Å². The first-order chi connectivity index (χ1) is 8.11. The second kappa shape index (κ2) is 4.67. The van der Waals surface area contributed by atoms with Crippen molar-refractivity contribution in [2.24, 2.45) is 7.05 Å². The molecule has 1 heterocycles. The van der Waals surface area contributed by atoms with Crippen LogP contribution in [0, 0.1) is 6.92 Å². The van der Waals surface area contributed by atoms with Crippen LogP contribution in [0.3, 0.4) is 0 Å². The number of ether oxygens (including phenoxy) is 1. The van der Waals surface area contributed by atoms with Crippen LogP contribution in [-0.4, -0.2) is 32.3 Å². The van der Waals surface area contributed by atoms with Crippen LogP contribution >= 0.6 is 0 Å². The van der Waals surface area contributed by atoms with E-state index in [4.69, 9.17) is 9.84 Å². The van der Waals surface area contributed by atoms with Crippen molar-refractivity contribution in [2.45, 2.75) is 33.3 Å². The van der Waals surface area contributed by atoms with Gasteiger partial charge in [-0.15, -0.1) is 0 Å². The van der Waals surface area contributed by atoms with E-state index >= 15 is 0 Å². The molecule has 0 radical (unpaired) electrons. The van der Waals surface area contributed by atoms with Crippen molar-refractivity contribution < 1.29 is 19.4 Å². The Morgan fingerprint density at radius 3 is 2.39 bits per heavy atom. The molecule has 0 aromatic carbocycles. The summed E-state index contributed by atoms with van der Waals surface area (Å²) >= 11 is 0. The molecule has 0 saturated carbocycles. The van der Waals surface area contributed by atoms with Gasteiger partial charge in [0.1, 0.15) is 11.4 Å². The molecule has 0 bridgehead atoms. The first-order valence-corrected chi connectivity index (χ1v) is 5.38. The fourth-order valence-corrected chi connectivity index (χ4v) is 1.30. The van der Waals surface area contributed by atoms with E-state index in [1.165, 1.54) is 4.57 Å². The molecule has 0 saturated heterocycles. The Hall–Kier alpha value is -2.05. The molecule has 18 heavy (non-hydrogen) atoms. The first kappa shape index (κ1) is 14.0. The predicted molar refractivity (Wildman–Crippen MR) is 64.8 cm³/mol. The van der Waals surface area contributed by atoms with E-state index in [2.05, 4.69) is 10.3 Å². The Kier molecular flexibility index (Phi) is 3.64. The number of amides is 1. The second-order valence-electron chi connectivity index (χ2n) is 4.85. The number of carboxylic acids is 1. The van der Waals surface area contributed by atoms with Gasteiger partial charge >= 0.3 is 12.1 Å². The molecule has 7 nitrogen and oxygen atoms in total. The van der Waals surface area contributed by atoms with Gasteiger partial charge in [-0.25, -0.2) is 14.6 Å². The molecule has 2 N–H and O–H groups in total. The summed E-state index contributed by atoms with van der Waals surface area (Å²) in [5, 5.41) is 11.4. The summed E-state index contributed by atoms with van der Waals surface area (Å²) in [6, 6.07) is 0. The summed E-state index contributed by atoms with van der Waals surface area (Å²) in [5.74, 6) is -0.613. The van der Waals surface area contributed by atoms with E-state index < -0.39 is 17.7 Å². The highest BCUT2D eigenvalue weighted by Crippen LogP contribution is 2.17. The van der Waals surface area contributed by atoms with E-state index in [1.807, 2.05) is 0 Å². The lowest BCUT2D eigenvalue weighted by Gasteiger charge is -2.19. The van der Waals surface area contributed by atoms with E-state index in [-0.39, 0.29) is 11.5 Å². The summed E-state index contributed by atoms with van der Waals surface area (Å²) in [6.07, 6.45) is -0.715. The lowest BCUT2D eigenvalue weighted by molar-refractivity contribution is 0.0634. The Morgan fingerprint density at radius 1 is 1.39 bits per heavy atom. The topological polar surface area (TPSA) is 93.4 Å². The number of hydrogen-bond acceptors (Lipinski definition) is 4. The number of carbonyl (C=O) groups is 2. The Morgan fingerprint density at radius 2 is 1.94 bits per heavy atom. The molecule has 1 aromatic heterocycles. The molecular formula is C11H17N3O4. The third-order valence-electron chi connectivity index (χ3n) is 2.14. The summed E-state index contributed by atoms with van der Waals surface area (Å²) in [6.45, 7) is 6.81. The van der Waals surface area contributed by atoms with Gasteiger partial charge < -0.3 is 14.4 Å². The average Bonchev–Trinajstić information content (AvgIpc) is 2.43. The van der Waals surface area contributed by atoms with Crippen molar-refractivity contribution in [3.63, 3.8) is 0 Å². The van der Waals surface area contributed by atoms with Crippen molar-refractivity contribution >= 4 is 17.9 Å². The smallest absolute Gasteiger partial charge is 0.413 e. The Balaban J connectivity index is 2.97. The van der Waals surface area contributed by atoms with Crippen molar-refractivity contribution in [3.05, 3.63) is 11.5 Å². The maximum atomic E-state index is 11.6. The predicted octanol–water partition coefficient (Wildman–Crippen LogP) is 1.77. The van der Waals surface area contributed by atoms with Crippen LogP contribution < -0.4 is 5.32 Å². The number of nitrogens with one attached hydrogen (secondary N) is 1. The highest BCUT2D eigenvalue weighted by molar-refractivity contribution is 5.96. The third-order valence-corrected chi connectivity index (χ3v) is 2.14. The van der Waals surface area contributed by atoms with E-state index in [1.54, 1.807) is 34.7 Å². The lowest BCUT2D eigenvalue weighted by atomic mass is 10.2. The van der Waals surface area contributed by atoms with Gasteiger partial charge in [0.25, 0.3) is 0 Å². The largest absolute Gasteiger partial charge is 0.476 e. The fraction of sp³-hybridized carbons (Fsp3) is 0.545. The summed E-state index contributed by atoms with van der Waals surface area (Å²) in [5.41, 5.74) is -0.859. The summed E-state index contributed by atoms with van der Waals surface area (Å²) in [4.78, 5) is 26.4. The quantitative estimate of drug-likeness (QED) is 0.840. The molecule has 0 aliphatic rings. The number of rotatable bonds is 2. The van der Waals surface area contributed by atoms with Gasteiger partial charge in [-0.1, -0.05) is 0 Å². The lowest BCUT2D eigenvalue weighted by Crippen LogP contribution is -2.28. The van der Waals surface area contributed by atoms with Crippen LogP contribution in [0.5, 0.6) is 0 Å². The van der Waals surface area contributed by atoms with Crippen molar-refractivity contribution in [1.29, 1.82) is 0 Å². The van der Waals surface area contributed by atoms with Gasteiger partial charge in [0.05, 0.1) is 0 Å². The van der Waals surface area contributed by atoms with Gasteiger partial charge in [-0.2, -0.15) is 0 Å². The number of hydrogen-bond donors (Lipinski definition) is 2. The zero-order valence-corrected chi connectivity index (χ0v) is 11.1. The van der Waals surface area contributed by atoms with Crippen molar-refractivity contribution in [2.75, 3.05) is 5.32 Å². The van der Waals surface area contributed by atoms with Crippen LogP contribution in [-0.2, 0) is 11.8 Å². The summed E-state index contributed by atoms with van der Waals surface area (Å²) < 4.78 is 6.54. The molecule has 1 aromatic rings. The van der Waals surface area contributed by atoms with E-state index in [0.717, 1.165) is 0 Å². The number of aromatic nitrogens is 2. The van der Waals surface area contributed by atoms with E-state index in [9.17, 15) is 9.59 Å². The minimum absolute atomic E-state index is 0.106. The van der Waals surface area contributed by atoms with Crippen molar-refractivity contribution in [1.82, 2.24) is 9.55 Å².